The lowest BCUT2D eigenvalue weighted by Crippen LogP contribution is -2.12. The Balaban J connectivity index is 3.11. The van der Waals surface area contributed by atoms with Crippen LogP contribution in [0.5, 0.6) is 5.75 Å². The van der Waals surface area contributed by atoms with E-state index in [1.807, 2.05) is 0 Å². The van der Waals surface area contributed by atoms with Crippen LogP contribution in [0.4, 0.5) is 8.78 Å². The number of aromatic nitrogens is 1. The molecular formula is C12H15F2NO3. The van der Waals surface area contributed by atoms with Crippen molar-refractivity contribution in [3.8, 4) is 5.75 Å². The van der Waals surface area contributed by atoms with Gasteiger partial charge in [0.2, 0.25) is 0 Å². The first-order chi connectivity index (χ1) is 8.51. The Hall–Kier alpha value is -1.72. The standard InChI is InChI=1S/C12H15F2NO3/c1-4-18-10(16)5-8-11(12(13)14)7(2)9(17-3)6-15-8/h6,12H,4-5H2,1-3H3. The number of ether oxygens (including phenoxy) is 2. The molecule has 0 aliphatic rings. The second-order valence-corrected chi connectivity index (χ2v) is 3.59. The van der Waals surface area contributed by atoms with Crippen LogP contribution in [0.15, 0.2) is 6.20 Å². The Labute approximate surface area is 104 Å². The number of methoxy groups -OCH3 is 1. The number of nitrogens with zero attached hydrogens (tertiary/aromatic N) is 1. The fourth-order valence-electron chi connectivity index (χ4n) is 1.64. The molecule has 0 bridgehead atoms. The lowest BCUT2D eigenvalue weighted by molar-refractivity contribution is -0.142. The summed E-state index contributed by atoms with van der Waals surface area (Å²) >= 11 is 0. The number of esters is 1. The molecule has 0 saturated heterocycles. The van der Waals surface area contributed by atoms with Gasteiger partial charge < -0.3 is 9.47 Å². The van der Waals surface area contributed by atoms with Gasteiger partial charge in [-0.05, 0) is 13.8 Å². The lowest BCUT2D eigenvalue weighted by atomic mass is 10.1. The minimum Gasteiger partial charge on any atom is -0.495 e. The quantitative estimate of drug-likeness (QED) is 0.762. The largest absolute Gasteiger partial charge is 0.495 e. The van der Waals surface area contributed by atoms with E-state index in [-0.39, 0.29) is 30.0 Å². The van der Waals surface area contributed by atoms with E-state index >= 15 is 0 Å². The maximum atomic E-state index is 13.0. The van der Waals surface area contributed by atoms with Crippen molar-refractivity contribution in [2.75, 3.05) is 13.7 Å². The molecule has 0 N–H and O–H groups in total. The van der Waals surface area contributed by atoms with E-state index in [1.54, 1.807) is 6.92 Å². The topological polar surface area (TPSA) is 48.4 Å². The number of alkyl halides is 2. The summed E-state index contributed by atoms with van der Waals surface area (Å²) < 4.78 is 35.6. The van der Waals surface area contributed by atoms with Crippen molar-refractivity contribution in [1.29, 1.82) is 0 Å². The molecule has 0 aromatic carbocycles. The van der Waals surface area contributed by atoms with Crippen LogP contribution in [0.3, 0.4) is 0 Å². The van der Waals surface area contributed by atoms with Crippen LogP contribution in [-0.4, -0.2) is 24.7 Å². The van der Waals surface area contributed by atoms with Gasteiger partial charge in [0.15, 0.2) is 0 Å². The van der Waals surface area contributed by atoms with E-state index in [0.29, 0.717) is 5.56 Å². The van der Waals surface area contributed by atoms with E-state index < -0.39 is 12.4 Å². The van der Waals surface area contributed by atoms with E-state index in [0.717, 1.165) is 0 Å². The first kappa shape index (κ1) is 14.3. The van der Waals surface area contributed by atoms with Crippen LogP contribution in [-0.2, 0) is 16.0 Å². The van der Waals surface area contributed by atoms with Crippen LogP contribution < -0.4 is 4.74 Å². The van der Waals surface area contributed by atoms with Gasteiger partial charge in [-0.15, -0.1) is 0 Å². The molecule has 1 heterocycles. The van der Waals surface area contributed by atoms with Crippen molar-refractivity contribution in [1.82, 2.24) is 4.98 Å². The SMILES string of the molecule is CCOC(=O)Cc1ncc(OC)c(C)c1C(F)F. The molecule has 18 heavy (non-hydrogen) atoms. The number of carbonyl (C=O) groups excluding carboxylic acids is 1. The minimum absolute atomic E-state index is 0.0294. The van der Waals surface area contributed by atoms with Gasteiger partial charge in [0.1, 0.15) is 5.75 Å². The molecule has 0 aliphatic heterocycles. The molecule has 0 radical (unpaired) electrons. The monoisotopic (exact) mass is 259 g/mol. The van der Waals surface area contributed by atoms with Gasteiger partial charge in [0.25, 0.3) is 6.43 Å². The summed E-state index contributed by atoms with van der Waals surface area (Å²) in [6.07, 6.45) is -1.65. The van der Waals surface area contributed by atoms with Gasteiger partial charge in [0, 0.05) is 11.1 Å². The zero-order valence-corrected chi connectivity index (χ0v) is 10.5. The van der Waals surface area contributed by atoms with Crippen LogP contribution in [0.1, 0.15) is 30.2 Å². The van der Waals surface area contributed by atoms with E-state index in [2.05, 4.69) is 4.98 Å². The van der Waals surface area contributed by atoms with Gasteiger partial charge in [0.05, 0.1) is 32.0 Å². The highest BCUT2D eigenvalue weighted by molar-refractivity contribution is 5.72. The van der Waals surface area contributed by atoms with Gasteiger partial charge in [-0.3, -0.25) is 9.78 Å². The summed E-state index contributed by atoms with van der Waals surface area (Å²) in [5.41, 5.74) is 0.0611. The molecule has 0 saturated carbocycles. The molecular weight excluding hydrogens is 244 g/mol. The fourth-order valence-corrected chi connectivity index (χ4v) is 1.64. The highest BCUT2D eigenvalue weighted by Crippen LogP contribution is 2.31. The first-order valence-electron chi connectivity index (χ1n) is 5.47. The molecule has 0 spiro atoms. The van der Waals surface area contributed by atoms with E-state index in [4.69, 9.17) is 9.47 Å². The van der Waals surface area contributed by atoms with Crippen LogP contribution >= 0.6 is 0 Å². The highest BCUT2D eigenvalue weighted by atomic mass is 19.3. The first-order valence-corrected chi connectivity index (χ1v) is 5.47. The van der Waals surface area contributed by atoms with Gasteiger partial charge in [-0.1, -0.05) is 0 Å². The highest BCUT2D eigenvalue weighted by Gasteiger charge is 2.22. The molecule has 1 aromatic rings. The van der Waals surface area contributed by atoms with Crippen LogP contribution in [0, 0.1) is 6.92 Å². The number of hydrogen-bond donors (Lipinski definition) is 0. The predicted octanol–water partition coefficient (Wildman–Crippen LogP) is 2.44. The minimum atomic E-state index is -2.71. The smallest absolute Gasteiger partial charge is 0.311 e. The summed E-state index contributed by atoms with van der Waals surface area (Å²) in [5, 5.41) is 0. The number of rotatable bonds is 5. The third-order valence-electron chi connectivity index (χ3n) is 2.48. The van der Waals surface area contributed by atoms with Gasteiger partial charge in [-0.2, -0.15) is 0 Å². The average Bonchev–Trinajstić information content (AvgIpc) is 2.29. The molecule has 6 heteroatoms. The Morgan fingerprint density at radius 1 is 1.50 bits per heavy atom. The molecule has 0 fully saturated rings. The summed E-state index contributed by atoms with van der Waals surface area (Å²) in [5.74, 6) is -0.297. The van der Waals surface area contributed by atoms with Crippen molar-refractivity contribution in [3.05, 3.63) is 23.0 Å². The molecule has 0 aliphatic carbocycles. The molecule has 0 unspecified atom stereocenters. The Morgan fingerprint density at radius 3 is 2.67 bits per heavy atom. The Morgan fingerprint density at radius 2 is 2.17 bits per heavy atom. The summed E-state index contributed by atoms with van der Waals surface area (Å²) in [4.78, 5) is 15.2. The number of pyridine rings is 1. The molecule has 1 aromatic heterocycles. The van der Waals surface area contributed by atoms with Crippen molar-refractivity contribution in [2.45, 2.75) is 26.7 Å². The zero-order valence-electron chi connectivity index (χ0n) is 10.5. The molecule has 4 nitrogen and oxygen atoms in total. The maximum absolute atomic E-state index is 13.0. The van der Waals surface area contributed by atoms with Gasteiger partial charge in [-0.25, -0.2) is 8.78 Å². The maximum Gasteiger partial charge on any atom is 0.311 e. The second kappa shape index (κ2) is 6.28. The number of hydrogen-bond acceptors (Lipinski definition) is 4. The van der Waals surface area contributed by atoms with Gasteiger partial charge >= 0.3 is 5.97 Å². The average molecular weight is 259 g/mol. The summed E-state index contributed by atoms with van der Waals surface area (Å²) in [6, 6.07) is 0. The zero-order chi connectivity index (χ0) is 13.7. The molecule has 0 atom stereocenters. The van der Waals surface area contributed by atoms with Crippen LogP contribution in [0.2, 0.25) is 0 Å². The van der Waals surface area contributed by atoms with Crippen molar-refractivity contribution >= 4 is 5.97 Å². The molecule has 1 rings (SSSR count). The summed E-state index contributed by atoms with van der Waals surface area (Å²) in [6.45, 7) is 3.37. The van der Waals surface area contributed by atoms with Crippen LogP contribution in [0.25, 0.3) is 0 Å². The Bertz CT molecular complexity index is 436. The Kier molecular flexibility index (Phi) is 5.00. The summed E-state index contributed by atoms with van der Waals surface area (Å²) in [7, 11) is 1.38. The lowest BCUT2D eigenvalue weighted by Gasteiger charge is -2.13. The normalized spacial score (nSPS) is 10.6. The molecule has 100 valence electrons. The third-order valence-corrected chi connectivity index (χ3v) is 2.48. The molecule has 0 amide bonds. The second-order valence-electron chi connectivity index (χ2n) is 3.59. The van der Waals surface area contributed by atoms with E-state index in [9.17, 15) is 13.6 Å². The fraction of sp³-hybridized carbons (Fsp3) is 0.500. The van der Waals surface area contributed by atoms with Crippen molar-refractivity contribution in [3.63, 3.8) is 0 Å². The van der Waals surface area contributed by atoms with E-state index in [1.165, 1.54) is 20.2 Å². The van der Waals surface area contributed by atoms with Crippen molar-refractivity contribution < 1.29 is 23.0 Å². The van der Waals surface area contributed by atoms with Crippen molar-refractivity contribution in [2.24, 2.45) is 0 Å². The predicted molar refractivity (Wildman–Crippen MR) is 60.8 cm³/mol. The number of halogens is 2. The third kappa shape index (κ3) is 3.15. The number of carbonyl (C=O) groups is 1.